The summed E-state index contributed by atoms with van der Waals surface area (Å²) < 4.78 is 0. The third-order valence-electron chi connectivity index (χ3n) is 3.12. The smallest absolute Gasteiger partial charge is 0.150 e. The van der Waals surface area contributed by atoms with Crippen molar-refractivity contribution in [3.8, 4) is 0 Å². The van der Waals surface area contributed by atoms with Gasteiger partial charge in [-0.1, -0.05) is 20.8 Å². The molecule has 0 spiro atoms. The molecule has 0 radical (unpaired) electrons. The van der Waals surface area contributed by atoms with Crippen LogP contribution in [0.15, 0.2) is 0 Å². The molecule has 0 aromatic carbocycles. The lowest BCUT2D eigenvalue weighted by molar-refractivity contribution is -0.135. The third-order valence-corrected chi connectivity index (χ3v) is 3.12. The second-order valence-corrected chi connectivity index (χ2v) is 6.70. The minimum atomic E-state index is 0.0464. The summed E-state index contributed by atoms with van der Waals surface area (Å²) in [7, 11) is 0. The molecule has 1 aliphatic rings. The zero-order valence-corrected chi connectivity index (χ0v) is 11.1. The van der Waals surface area contributed by atoms with Crippen molar-refractivity contribution in [2.24, 2.45) is 5.41 Å². The van der Waals surface area contributed by atoms with Gasteiger partial charge in [-0.2, -0.15) is 0 Å². The van der Waals surface area contributed by atoms with Crippen LogP contribution in [-0.2, 0) is 4.79 Å². The Hall–Kier alpha value is -0.370. The molecule has 0 aliphatic carbocycles. The predicted molar refractivity (Wildman–Crippen MR) is 63.9 cm³/mol. The van der Waals surface area contributed by atoms with Crippen LogP contribution in [0.2, 0.25) is 0 Å². The molecule has 0 aromatic rings. The van der Waals surface area contributed by atoms with Gasteiger partial charge in [-0.05, 0) is 39.2 Å². The molecule has 2 nitrogen and oxygen atoms in total. The van der Waals surface area contributed by atoms with Crippen molar-refractivity contribution in [3.05, 3.63) is 0 Å². The van der Waals surface area contributed by atoms with E-state index in [-0.39, 0.29) is 17.0 Å². The molecule has 1 rings (SSSR count). The average Bonchev–Trinajstić information content (AvgIpc) is 1.99. The maximum Gasteiger partial charge on any atom is 0.150 e. The van der Waals surface area contributed by atoms with Crippen LogP contribution >= 0.6 is 0 Å². The number of rotatable bonds is 0. The van der Waals surface area contributed by atoms with Crippen molar-refractivity contribution in [1.82, 2.24) is 4.90 Å². The lowest BCUT2D eigenvalue weighted by Crippen LogP contribution is -2.59. The van der Waals surface area contributed by atoms with Gasteiger partial charge in [0.25, 0.3) is 0 Å². The van der Waals surface area contributed by atoms with Gasteiger partial charge in [0.1, 0.15) is 0 Å². The summed E-state index contributed by atoms with van der Waals surface area (Å²) in [5.41, 5.74) is 0.138. The van der Waals surface area contributed by atoms with Gasteiger partial charge >= 0.3 is 0 Å². The van der Waals surface area contributed by atoms with Crippen LogP contribution in [-0.4, -0.2) is 28.8 Å². The maximum absolute atomic E-state index is 12.1. The van der Waals surface area contributed by atoms with Crippen molar-refractivity contribution in [2.75, 3.05) is 6.54 Å². The fourth-order valence-electron chi connectivity index (χ4n) is 2.54. The first kappa shape index (κ1) is 12.7. The summed E-state index contributed by atoms with van der Waals surface area (Å²) in [4.78, 5) is 14.4. The topological polar surface area (TPSA) is 20.3 Å². The first-order valence-electron chi connectivity index (χ1n) is 5.93. The Morgan fingerprint density at radius 3 is 2.00 bits per heavy atom. The van der Waals surface area contributed by atoms with Crippen LogP contribution in [0.5, 0.6) is 0 Å². The van der Waals surface area contributed by atoms with Crippen LogP contribution in [0.4, 0.5) is 0 Å². The highest BCUT2D eigenvalue weighted by molar-refractivity contribution is 5.85. The molecule has 88 valence electrons. The zero-order valence-electron chi connectivity index (χ0n) is 11.1. The van der Waals surface area contributed by atoms with Gasteiger partial charge in [0.05, 0.1) is 6.04 Å². The Bertz CT molecular complexity index is 244. The second kappa shape index (κ2) is 3.89. The number of carbonyl (C=O) groups excluding carboxylic acids is 1. The van der Waals surface area contributed by atoms with Gasteiger partial charge in [-0.25, -0.2) is 0 Å². The van der Waals surface area contributed by atoms with Crippen LogP contribution < -0.4 is 0 Å². The summed E-state index contributed by atoms with van der Waals surface area (Å²) in [5.74, 6) is 0.420. The van der Waals surface area contributed by atoms with Crippen molar-refractivity contribution in [3.63, 3.8) is 0 Å². The molecule has 1 aliphatic heterocycles. The molecular weight excluding hydrogens is 186 g/mol. The first-order valence-corrected chi connectivity index (χ1v) is 5.93. The molecule has 0 bridgehead atoms. The van der Waals surface area contributed by atoms with Crippen LogP contribution in [0.1, 0.15) is 54.4 Å². The van der Waals surface area contributed by atoms with Gasteiger partial charge in [0.15, 0.2) is 5.78 Å². The van der Waals surface area contributed by atoms with Crippen LogP contribution in [0, 0.1) is 5.41 Å². The molecule has 0 saturated carbocycles. The molecule has 2 heteroatoms. The van der Waals surface area contributed by atoms with Gasteiger partial charge in [-0.3, -0.25) is 9.69 Å². The van der Waals surface area contributed by atoms with Crippen molar-refractivity contribution in [1.29, 1.82) is 0 Å². The second-order valence-electron chi connectivity index (χ2n) is 6.70. The fourth-order valence-corrected chi connectivity index (χ4v) is 2.54. The molecule has 1 saturated heterocycles. The number of nitrogens with zero attached hydrogens (tertiary/aromatic N) is 1. The van der Waals surface area contributed by atoms with E-state index >= 15 is 0 Å². The quantitative estimate of drug-likeness (QED) is 0.614. The Morgan fingerprint density at radius 2 is 1.67 bits per heavy atom. The van der Waals surface area contributed by atoms with E-state index in [1.807, 2.05) is 0 Å². The standard InChI is InChI=1S/C13H25NO/c1-12(2,3)11-10(15)8-7-9-14(11)13(4,5)6/h11H,7-9H2,1-6H3. The van der Waals surface area contributed by atoms with Gasteiger partial charge < -0.3 is 0 Å². The number of ketones is 1. The minimum Gasteiger partial charge on any atom is -0.298 e. The van der Waals surface area contributed by atoms with E-state index < -0.39 is 0 Å². The van der Waals surface area contributed by atoms with E-state index in [1.54, 1.807) is 0 Å². The highest BCUT2D eigenvalue weighted by Gasteiger charge is 2.42. The number of carbonyl (C=O) groups is 1. The number of hydrogen-bond donors (Lipinski definition) is 0. The Morgan fingerprint density at radius 1 is 1.13 bits per heavy atom. The highest BCUT2D eigenvalue weighted by Crippen LogP contribution is 2.34. The Kier molecular flexibility index (Phi) is 3.30. The maximum atomic E-state index is 12.1. The lowest BCUT2D eigenvalue weighted by Gasteiger charge is -2.48. The summed E-state index contributed by atoms with van der Waals surface area (Å²) in [5, 5.41) is 0. The molecule has 1 heterocycles. The highest BCUT2D eigenvalue weighted by atomic mass is 16.1. The average molecular weight is 211 g/mol. The number of hydrogen-bond acceptors (Lipinski definition) is 2. The van der Waals surface area contributed by atoms with Gasteiger partial charge in [0.2, 0.25) is 0 Å². The Labute approximate surface area is 94.0 Å². The van der Waals surface area contributed by atoms with Gasteiger partial charge in [-0.15, -0.1) is 0 Å². The number of piperidine rings is 1. The summed E-state index contributed by atoms with van der Waals surface area (Å²) in [6, 6.07) is 0.0891. The zero-order chi connectivity index (χ0) is 11.9. The largest absolute Gasteiger partial charge is 0.298 e. The molecule has 1 atom stereocenters. The molecule has 0 N–H and O–H groups in total. The SMILES string of the molecule is CC(C)(C)C1C(=O)CCCN1C(C)(C)C. The van der Waals surface area contributed by atoms with E-state index in [9.17, 15) is 4.79 Å². The lowest BCUT2D eigenvalue weighted by atomic mass is 9.78. The summed E-state index contributed by atoms with van der Waals surface area (Å²) >= 11 is 0. The Balaban J connectivity index is 2.98. The molecule has 0 amide bonds. The fraction of sp³-hybridized carbons (Fsp3) is 0.923. The summed E-state index contributed by atoms with van der Waals surface area (Å²) in [6.07, 6.45) is 1.78. The van der Waals surface area contributed by atoms with Crippen molar-refractivity contribution >= 4 is 5.78 Å². The molecule has 0 aromatic heterocycles. The molecular formula is C13H25NO. The van der Waals surface area contributed by atoms with Gasteiger partial charge in [0, 0.05) is 12.0 Å². The van der Waals surface area contributed by atoms with Crippen LogP contribution in [0.3, 0.4) is 0 Å². The van der Waals surface area contributed by atoms with E-state index in [0.717, 1.165) is 19.4 Å². The van der Waals surface area contributed by atoms with Crippen molar-refractivity contribution in [2.45, 2.75) is 66.0 Å². The van der Waals surface area contributed by atoms with Crippen LogP contribution in [0.25, 0.3) is 0 Å². The summed E-state index contributed by atoms with van der Waals surface area (Å²) in [6.45, 7) is 14.1. The minimum absolute atomic E-state index is 0.0464. The number of Topliss-reactive ketones (excluding diaryl/α,β-unsaturated/α-hetero) is 1. The van der Waals surface area contributed by atoms with E-state index in [0.29, 0.717) is 5.78 Å². The molecule has 15 heavy (non-hydrogen) atoms. The molecule has 1 fully saturated rings. The predicted octanol–water partition coefficient (Wildman–Crippen LogP) is 2.86. The first-order chi connectivity index (χ1) is 6.64. The third kappa shape index (κ3) is 2.81. The normalized spacial score (nSPS) is 25.7. The molecule has 1 unspecified atom stereocenters. The van der Waals surface area contributed by atoms with E-state index in [1.165, 1.54) is 0 Å². The van der Waals surface area contributed by atoms with E-state index in [2.05, 4.69) is 46.4 Å². The monoisotopic (exact) mass is 211 g/mol. The number of likely N-dealkylation sites (tertiary alicyclic amines) is 1. The van der Waals surface area contributed by atoms with E-state index in [4.69, 9.17) is 0 Å². The van der Waals surface area contributed by atoms with Crippen molar-refractivity contribution < 1.29 is 4.79 Å².